The summed E-state index contributed by atoms with van der Waals surface area (Å²) in [5, 5.41) is 0. The highest BCUT2D eigenvalue weighted by Gasteiger charge is 2.21. The summed E-state index contributed by atoms with van der Waals surface area (Å²) >= 11 is 0. The number of hydrogen-bond donors (Lipinski definition) is 0. The first kappa shape index (κ1) is 12.5. The summed E-state index contributed by atoms with van der Waals surface area (Å²) in [5.74, 6) is 2.74. The molecule has 0 saturated carbocycles. The summed E-state index contributed by atoms with van der Waals surface area (Å²) in [7, 11) is 0. The Hall–Kier alpha value is -0.560. The fraction of sp³-hybridized carbons (Fsp3) is 0.833. The molecule has 0 atom stereocenters. The molecule has 0 unspecified atom stereocenters. The Morgan fingerprint density at radius 1 is 0.933 bits per heavy atom. The molecule has 86 valence electrons. The second-order valence-corrected chi connectivity index (χ2v) is 4.25. The van der Waals surface area contributed by atoms with E-state index in [1.165, 1.54) is 25.9 Å². The minimum Gasteiger partial charge on any atom is -0.277 e. The molecule has 1 fully saturated rings. The zero-order valence-electron chi connectivity index (χ0n) is 10.1. The lowest BCUT2D eigenvalue weighted by Gasteiger charge is -2.41. The fourth-order valence-corrected chi connectivity index (χ4v) is 2.13. The van der Waals surface area contributed by atoms with E-state index in [1.807, 2.05) is 0 Å². The van der Waals surface area contributed by atoms with Gasteiger partial charge in [0, 0.05) is 13.1 Å². The van der Waals surface area contributed by atoms with Gasteiger partial charge >= 0.3 is 0 Å². The molecule has 0 amide bonds. The molecule has 0 aromatic rings. The zero-order chi connectivity index (χ0) is 11.1. The van der Waals surface area contributed by atoms with Crippen molar-refractivity contribution in [2.75, 3.05) is 39.6 Å². The molecule has 0 spiro atoms. The van der Waals surface area contributed by atoms with E-state index in [1.54, 1.807) is 0 Å². The summed E-state index contributed by atoms with van der Waals surface area (Å²) in [6.45, 7) is 10.7. The molecule has 0 radical (unpaired) electrons. The van der Waals surface area contributed by atoms with Crippen LogP contribution in [0.15, 0.2) is 0 Å². The zero-order valence-corrected chi connectivity index (χ0v) is 10.1. The quantitative estimate of drug-likeness (QED) is 0.631. The monoisotopic (exact) mass is 209 g/mol. The van der Waals surface area contributed by atoms with Crippen LogP contribution in [0.25, 0.3) is 0 Å². The Kier molecular flexibility index (Phi) is 5.70. The van der Waals surface area contributed by atoms with Crippen LogP contribution in [0, 0.1) is 12.3 Å². The van der Waals surface area contributed by atoms with Gasteiger partial charge in [-0.15, -0.1) is 6.42 Å². The van der Waals surface area contributed by atoms with E-state index in [0.29, 0.717) is 0 Å². The van der Waals surface area contributed by atoms with Gasteiger partial charge in [0.15, 0.2) is 0 Å². The van der Waals surface area contributed by atoms with Crippen molar-refractivity contribution in [3.63, 3.8) is 0 Å². The molecule has 0 aliphatic carbocycles. The van der Waals surface area contributed by atoms with Crippen molar-refractivity contribution in [3.8, 4) is 12.3 Å². The second-order valence-electron chi connectivity index (χ2n) is 4.25. The van der Waals surface area contributed by atoms with Crippen LogP contribution >= 0.6 is 0 Å². The molecule has 15 heavy (non-hydrogen) atoms. The van der Waals surface area contributed by atoms with Gasteiger partial charge in [-0.25, -0.2) is 0 Å². The topological polar surface area (TPSA) is 9.72 Å². The summed E-state index contributed by atoms with van der Waals surface area (Å²) in [5.41, 5.74) is 0. The molecule has 3 nitrogen and oxygen atoms in total. The van der Waals surface area contributed by atoms with Crippen LogP contribution < -0.4 is 0 Å². The molecule has 1 aliphatic rings. The largest absolute Gasteiger partial charge is 0.277 e. The van der Waals surface area contributed by atoms with Gasteiger partial charge in [-0.05, 0) is 12.8 Å². The Bertz CT molecular complexity index is 195. The Morgan fingerprint density at radius 2 is 1.40 bits per heavy atom. The lowest BCUT2D eigenvalue weighted by Crippen LogP contribution is -2.55. The first-order chi connectivity index (χ1) is 7.30. The summed E-state index contributed by atoms with van der Waals surface area (Å²) in [4.78, 5) is 7.27. The summed E-state index contributed by atoms with van der Waals surface area (Å²) in [6.07, 6.45) is 7.79. The molecule has 3 heteroatoms. The number of terminal acetylenes is 1. The first-order valence-electron chi connectivity index (χ1n) is 5.90. The number of rotatable bonds is 5. The SMILES string of the molecule is C#CCN1CN(CCC)CN(CCC)C1. The molecule has 1 aliphatic heterocycles. The minimum atomic E-state index is 0.764. The smallest absolute Gasteiger partial charge is 0.0622 e. The molecule has 0 bridgehead atoms. The van der Waals surface area contributed by atoms with Gasteiger partial charge in [0.25, 0.3) is 0 Å². The lowest BCUT2D eigenvalue weighted by molar-refractivity contribution is -0.0222. The highest BCUT2D eigenvalue weighted by molar-refractivity contribution is 4.88. The highest BCUT2D eigenvalue weighted by Crippen LogP contribution is 2.07. The van der Waals surface area contributed by atoms with E-state index in [2.05, 4.69) is 34.5 Å². The molecule has 0 N–H and O–H groups in total. The van der Waals surface area contributed by atoms with E-state index < -0.39 is 0 Å². The van der Waals surface area contributed by atoms with Crippen molar-refractivity contribution < 1.29 is 0 Å². The molecule has 1 heterocycles. The number of hydrogen-bond acceptors (Lipinski definition) is 3. The van der Waals surface area contributed by atoms with Gasteiger partial charge in [0.2, 0.25) is 0 Å². The average Bonchev–Trinajstić information content (AvgIpc) is 2.19. The van der Waals surface area contributed by atoms with Gasteiger partial charge in [0.1, 0.15) is 0 Å². The van der Waals surface area contributed by atoms with Crippen LogP contribution in [0.1, 0.15) is 26.7 Å². The van der Waals surface area contributed by atoms with Crippen LogP contribution in [0.4, 0.5) is 0 Å². The standard InChI is InChI=1S/C12H23N3/c1-4-7-13-10-14(8-5-2)12-15(11-13)9-6-3/h1H,5-12H2,2-3H3. The van der Waals surface area contributed by atoms with E-state index in [4.69, 9.17) is 6.42 Å². The highest BCUT2D eigenvalue weighted by atomic mass is 15.5. The Morgan fingerprint density at radius 3 is 1.80 bits per heavy atom. The van der Waals surface area contributed by atoms with E-state index in [-0.39, 0.29) is 0 Å². The van der Waals surface area contributed by atoms with E-state index in [0.717, 1.165) is 26.6 Å². The third-order valence-corrected chi connectivity index (χ3v) is 2.59. The summed E-state index contributed by atoms with van der Waals surface area (Å²) in [6, 6.07) is 0. The maximum absolute atomic E-state index is 5.37. The minimum absolute atomic E-state index is 0.764. The van der Waals surface area contributed by atoms with Crippen molar-refractivity contribution in [1.82, 2.24) is 14.7 Å². The van der Waals surface area contributed by atoms with Gasteiger partial charge in [-0.3, -0.25) is 14.7 Å². The predicted octanol–water partition coefficient (Wildman–Crippen LogP) is 1.23. The summed E-state index contributed by atoms with van der Waals surface area (Å²) < 4.78 is 0. The first-order valence-corrected chi connectivity index (χ1v) is 5.90. The molecule has 0 aromatic carbocycles. The van der Waals surface area contributed by atoms with Crippen LogP contribution in [-0.4, -0.2) is 54.3 Å². The van der Waals surface area contributed by atoms with Gasteiger partial charge in [-0.1, -0.05) is 19.8 Å². The van der Waals surface area contributed by atoms with Crippen molar-refractivity contribution in [2.45, 2.75) is 26.7 Å². The molecule has 1 saturated heterocycles. The van der Waals surface area contributed by atoms with Crippen LogP contribution in [0.5, 0.6) is 0 Å². The third-order valence-electron chi connectivity index (χ3n) is 2.59. The van der Waals surface area contributed by atoms with Gasteiger partial charge in [0.05, 0.1) is 26.6 Å². The molecular weight excluding hydrogens is 186 g/mol. The van der Waals surface area contributed by atoms with E-state index in [9.17, 15) is 0 Å². The predicted molar refractivity (Wildman–Crippen MR) is 64.1 cm³/mol. The van der Waals surface area contributed by atoms with Crippen molar-refractivity contribution in [3.05, 3.63) is 0 Å². The maximum atomic E-state index is 5.37. The van der Waals surface area contributed by atoms with Gasteiger partial charge in [-0.2, -0.15) is 0 Å². The average molecular weight is 209 g/mol. The van der Waals surface area contributed by atoms with Crippen LogP contribution in [0.2, 0.25) is 0 Å². The third kappa shape index (κ3) is 4.21. The molecular formula is C12H23N3. The van der Waals surface area contributed by atoms with Crippen LogP contribution in [-0.2, 0) is 0 Å². The Balaban J connectivity index is 2.44. The lowest BCUT2D eigenvalue weighted by atomic mass is 10.3. The molecule has 0 aromatic heterocycles. The second kappa shape index (κ2) is 6.84. The van der Waals surface area contributed by atoms with Crippen molar-refractivity contribution in [1.29, 1.82) is 0 Å². The van der Waals surface area contributed by atoms with Crippen LogP contribution in [0.3, 0.4) is 0 Å². The molecule has 1 rings (SSSR count). The van der Waals surface area contributed by atoms with E-state index >= 15 is 0 Å². The Labute approximate surface area is 94.0 Å². The maximum Gasteiger partial charge on any atom is 0.0622 e. The van der Waals surface area contributed by atoms with Gasteiger partial charge < -0.3 is 0 Å². The van der Waals surface area contributed by atoms with Crippen molar-refractivity contribution in [2.24, 2.45) is 0 Å². The van der Waals surface area contributed by atoms with Crippen molar-refractivity contribution >= 4 is 0 Å². The fourth-order valence-electron chi connectivity index (χ4n) is 2.13. The number of nitrogens with zero attached hydrogens (tertiary/aromatic N) is 3. The normalized spacial score (nSPS) is 20.3.